The van der Waals surface area contributed by atoms with E-state index in [9.17, 15) is 0 Å². The fourth-order valence-corrected chi connectivity index (χ4v) is 4.48. The molecular weight excluding hydrogens is 511 g/mol. The molecule has 3 rings (SSSR count). The third-order valence-electron chi connectivity index (χ3n) is 5.13. The standard InChI is InChI=1S/C22H32N4O2S.HI/c1-17-4-9-21(29-17)20(26-12-14-28-15-13-26)16-25-22(23-2)24-11-10-18-5-7-19(27-3)8-6-18;/h4-9,20H,10-16H2,1-3H3,(H2,23,24,25);1H. The Labute approximate surface area is 201 Å². The van der Waals surface area contributed by atoms with E-state index in [0.29, 0.717) is 6.04 Å². The first-order valence-electron chi connectivity index (χ1n) is 10.1. The lowest BCUT2D eigenvalue weighted by Gasteiger charge is -2.34. The molecular formula is C22H33IN4O2S. The molecule has 1 unspecified atom stereocenters. The van der Waals surface area contributed by atoms with Crippen LogP contribution < -0.4 is 15.4 Å². The lowest BCUT2D eigenvalue weighted by molar-refractivity contribution is 0.0177. The number of hydrogen-bond acceptors (Lipinski definition) is 5. The highest BCUT2D eigenvalue weighted by Crippen LogP contribution is 2.27. The second-order valence-electron chi connectivity index (χ2n) is 7.09. The highest BCUT2D eigenvalue weighted by atomic mass is 127. The first-order chi connectivity index (χ1) is 14.2. The summed E-state index contributed by atoms with van der Waals surface area (Å²) in [6, 6.07) is 13.0. The Morgan fingerprint density at radius 3 is 2.50 bits per heavy atom. The zero-order valence-corrected chi connectivity index (χ0v) is 21.2. The number of methoxy groups -OCH3 is 1. The number of nitrogens with zero attached hydrogens (tertiary/aromatic N) is 2. The summed E-state index contributed by atoms with van der Waals surface area (Å²) >= 11 is 1.87. The predicted molar refractivity (Wildman–Crippen MR) is 136 cm³/mol. The van der Waals surface area contributed by atoms with Crippen molar-refractivity contribution in [3.8, 4) is 5.75 Å². The normalized spacial score (nSPS) is 15.9. The van der Waals surface area contributed by atoms with Crippen LogP contribution in [-0.4, -0.2) is 64.4 Å². The van der Waals surface area contributed by atoms with Gasteiger partial charge in [0.05, 0.1) is 26.4 Å². The molecule has 166 valence electrons. The van der Waals surface area contributed by atoms with E-state index in [0.717, 1.165) is 57.5 Å². The van der Waals surface area contributed by atoms with Crippen molar-refractivity contribution < 1.29 is 9.47 Å². The third kappa shape index (κ3) is 7.40. The molecule has 0 amide bonds. The smallest absolute Gasteiger partial charge is 0.191 e. The molecule has 0 bridgehead atoms. The first kappa shape index (κ1) is 24.9. The molecule has 0 aliphatic carbocycles. The van der Waals surface area contributed by atoms with Gasteiger partial charge in [0.15, 0.2) is 5.96 Å². The van der Waals surface area contributed by atoms with Gasteiger partial charge in [0.2, 0.25) is 0 Å². The van der Waals surface area contributed by atoms with Crippen molar-refractivity contribution in [2.45, 2.75) is 19.4 Å². The number of nitrogens with one attached hydrogen (secondary N) is 2. The van der Waals surface area contributed by atoms with E-state index >= 15 is 0 Å². The molecule has 2 heterocycles. The minimum atomic E-state index is 0. The number of benzene rings is 1. The number of morpholine rings is 1. The van der Waals surface area contributed by atoms with Crippen molar-refractivity contribution >= 4 is 41.3 Å². The molecule has 1 fully saturated rings. The van der Waals surface area contributed by atoms with Gasteiger partial charge in [-0.3, -0.25) is 9.89 Å². The summed E-state index contributed by atoms with van der Waals surface area (Å²) in [5.74, 6) is 1.72. The maximum atomic E-state index is 5.54. The number of hydrogen-bond donors (Lipinski definition) is 2. The fourth-order valence-electron chi connectivity index (χ4n) is 3.46. The molecule has 1 saturated heterocycles. The van der Waals surface area contributed by atoms with E-state index in [4.69, 9.17) is 9.47 Å². The lowest BCUT2D eigenvalue weighted by Crippen LogP contribution is -2.46. The van der Waals surface area contributed by atoms with Crippen molar-refractivity contribution in [2.75, 3.05) is 53.6 Å². The Morgan fingerprint density at radius 1 is 1.17 bits per heavy atom. The van der Waals surface area contributed by atoms with Crippen molar-refractivity contribution in [2.24, 2.45) is 4.99 Å². The highest BCUT2D eigenvalue weighted by Gasteiger charge is 2.24. The van der Waals surface area contributed by atoms with Gasteiger partial charge in [0, 0.05) is 43.0 Å². The second kappa shape index (κ2) is 13.1. The Kier molecular flexibility index (Phi) is 10.9. The molecule has 2 aromatic rings. The fraction of sp³-hybridized carbons (Fsp3) is 0.500. The Bertz CT molecular complexity index is 776. The van der Waals surface area contributed by atoms with Crippen LogP contribution in [0.2, 0.25) is 0 Å². The highest BCUT2D eigenvalue weighted by molar-refractivity contribution is 14.0. The Morgan fingerprint density at radius 2 is 1.90 bits per heavy atom. The quantitative estimate of drug-likeness (QED) is 0.303. The van der Waals surface area contributed by atoms with Gasteiger partial charge in [-0.1, -0.05) is 12.1 Å². The first-order valence-corrected chi connectivity index (χ1v) is 11.0. The summed E-state index contributed by atoms with van der Waals surface area (Å²) in [6.07, 6.45) is 0.932. The van der Waals surface area contributed by atoms with Gasteiger partial charge in [-0.05, 0) is 43.2 Å². The summed E-state index contributed by atoms with van der Waals surface area (Å²) < 4.78 is 10.8. The number of rotatable bonds is 8. The van der Waals surface area contributed by atoms with Gasteiger partial charge in [-0.15, -0.1) is 35.3 Å². The molecule has 1 aliphatic heterocycles. The molecule has 0 radical (unpaired) electrons. The van der Waals surface area contributed by atoms with E-state index in [1.165, 1.54) is 15.3 Å². The van der Waals surface area contributed by atoms with Crippen LogP contribution in [0.15, 0.2) is 41.4 Å². The van der Waals surface area contributed by atoms with E-state index in [2.05, 4.69) is 51.7 Å². The molecule has 1 aliphatic rings. The maximum absolute atomic E-state index is 5.54. The number of guanidine groups is 1. The summed E-state index contributed by atoms with van der Waals surface area (Å²) in [5, 5.41) is 6.95. The van der Waals surface area contributed by atoms with Gasteiger partial charge in [-0.25, -0.2) is 0 Å². The van der Waals surface area contributed by atoms with Gasteiger partial charge in [-0.2, -0.15) is 0 Å². The molecule has 0 saturated carbocycles. The zero-order valence-electron chi connectivity index (χ0n) is 18.0. The van der Waals surface area contributed by atoms with Crippen molar-refractivity contribution in [1.29, 1.82) is 0 Å². The third-order valence-corrected chi connectivity index (χ3v) is 6.23. The van der Waals surface area contributed by atoms with Crippen LogP contribution in [0.25, 0.3) is 0 Å². The van der Waals surface area contributed by atoms with E-state index < -0.39 is 0 Å². The Balaban J connectivity index is 0.00000320. The van der Waals surface area contributed by atoms with Gasteiger partial charge >= 0.3 is 0 Å². The number of aliphatic imine (C=N–C) groups is 1. The van der Waals surface area contributed by atoms with Crippen LogP contribution in [-0.2, 0) is 11.2 Å². The van der Waals surface area contributed by atoms with Crippen LogP contribution in [0, 0.1) is 6.92 Å². The molecule has 30 heavy (non-hydrogen) atoms. The molecule has 0 spiro atoms. The summed E-state index contributed by atoms with van der Waals surface area (Å²) in [5.41, 5.74) is 1.27. The maximum Gasteiger partial charge on any atom is 0.191 e. The number of thiophene rings is 1. The number of ether oxygens (including phenoxy) is 2. The average molecular weight is 545 g/mol. The summed E-state index contributed by atoms with van der Waals surface area (Å²) in [6.45, 7) is 7.34. The monoisotopic (exact) mass is 544 g/mol. The van der Waals surface area contributed by atoms with Crippen LogP contribution in [0.4, 0.5) is 0 Å². The Hall–Kier alpha value is -1.36. The van der Waals surface area contributed by atoms with Crippen LogP contribution in [0.3, 0.4) is 0 Å². The minimum absolute atomic E-state index is 0. The summed E-state index contributed by atoms with van der Waals surface area (Å²) in [4.78, 5) is 9.65. The molecule has 8 heteroatoms. The zero-order chi connectivity index (χ0) is 20.5. The number of halogens is 1. The van der Waals surface area contributed by atoms with Crippen molar-refractivity contribution in [1.82, 2.24) is 15.5 Å². The van der Waals surface area contributed by atoms with E-state index in [1.54, 1.807) is 7.11 Å². The van der Waals surface area contributed by atoms with E-state index in [-0.39, 0.29) is 24.0 Å². The molecule has 1 aromatic heterocycles. The average Bonchev–Trinajstić information content (AvgIpc) is 3.19. The van der Waals surface area contributed by atoms with Gasteiger partial charge in [0.1, 0.15) is 5.75 Å². The van der Waals surface area contributed by atoms with Crippen molar-refractivity contribution in [3.05, 3.63) is 51.7 Å². The molecule has 1 atom stereocenters. The predicted octanol–water partition coefficient (Wildman–Crippen LogP) is 3.46. The SMILES string of the molecule is CN=C(NCCc1ccc(OC)cc1)NCC(c1ccc(C)s1)N1CCOCC1.I. The minimum Gasteiger partial charge on any atom is -0.497 e. The second-order valence-corrected chi connectivity index (χ2v) is 8.41. The van der Waals surface area contributed by atoms with Crippen molar-refractivity contribution in [3.63, 3.8) is 0 Å². The molecule has 2 N–H and O–H groups in total. The molecule has 6 nitrogen and oxygen atoms in total. The van der Waals surface area contributed by atoms with Crippen LogP contribution in [0.5, 0.6) is 5.75 Å². The van der Waals surface area contributed by atoms with Gasteiger partial charge in [0.25, 0.3) is 0 Å². The number of aryl methyl sites for hydroxylation is 1. The largest absolute Gasteiger partial charge is 0.497 e. The van der Waals surface area contributed by atoms with Gasteiger partial charge < -0.3 is 20.1 Å². The molecule has 1 aromatic carbocycles. The summed E-state index contributed by atoms with van der Waals surface area (Å²) in [7, 11) is 3.51. The van der Waals surface area contributed by atoms with E-state index in [1.807, 2.05) is 30.5 Å². The topological polar surface area (TPSA) is 58.1 Å². The van der Waals surface area contributed by atoms with Crippen LogP contribution >= 0.6 is 35.3 Å². The lowest BCUT2D eigenvalue weighted by atomic mass is 10.1. The van der Waals surface area contributed by atoms with Crippen LogP contribution in [0.1, 0.15) is 21.4 Å².